The first-order valence-corrected chi connectivity index (χ1v) is 2.55. The van der Waals surface area contributed by atoms with E-state index >= 15 is 0 Å². The Morgan fingerprint density at radius 2 is 1.89 bits per heavy atom. The number of aliphatic hydroxyl groups is 1. The van der Waals surface area contributed by atoms with Crippen LogP contribution in [0.1, 0.15) is 12.8 Å². The summed E-state index contributed by atoms with van der Waals surface area (Å²) in [5.41, 5.74) is 0. The fourth-order valence-corrected chi connectivity index (χ4v) is 0.357. The number of halogens is 3. The summed E-state index contributed by atoms with van der Waals surface area (Å²) in [5.74, 6) is 0. The Bertz CT molecular complexity index is 69.1. The van der Waals surface area contributed by atoms with Gasteiger partial charge < -0.3 is 5.11 Å². The molecule has 0 spiro atoms. The maximum absolute atomic E-state index is 11.3. The Kier molecular flexibility index (Phi) is 3.61. The van der Waals surface area contributed by atoms with E-state index < -0.39 is 12.6 Å². The zero-order chi connectivity index (χ0) is 7.33. The second kappa shape index (κ2) is 3.71. The Balaban J connectivity index is 3.07. The van der Waals surface area contributed by atoms with Gasteiger partial charge in [-0.1, -0.05) is 0 Å². The van der Waals surface area contributed by atoms with Crippen LogP contribution in [-0.4, -0.2) is 17.9 Å². The van der Waals surface area contributed by atoms with Crippen LogP contribution >= 0.6 is 0 Å². The summed E-state index contributed by atoms with van der Waals surface area (Å²) < 4.78 is 33.8. The highest BCUT2D eigenvalue weighted by Gasteiger charge is 2.25. The van der Waals surface area contributed by atoms with Crippen LogP contribution in [0.3, 0.4) is 0 Å². The molecule has 1 nitrogen and oxygen atoms in total. The number of hydrogen-bond donors (Lipinski definition) is 1. The summed E-state index contributed by atoms with van der Waals surface area (Å²) >= 11 is 0. The van der Waals surface area contributed by atoms with Crippen molar-refractivity contribution in [1.29, 1.82) is 0 Å². The minimum absolute atomic E-state index is 0.0972. The topological polar surface area (TPSA) is 20.2 Å². The zero-order valence-electron chi connectivity index (χ0n) is 4.78. The van der Waals surface area contributed by atoms with Crippen molar-refractivity contribution in [2.75, 3.05) is 6.61 Å². The summed E-state index contributed by atoms with van der Waals surface area (Å²) in [7, 11) is 0. The van der Waals surface area contributed by atoms with E-state index in [0.717, 1.165) is 0 Å². The first kappa shape index (κ1) is 8.75. The van der Waals surface area contributed by atoms with Crippen molar-refractivity contribution in [1.82, 2.24) is 0 Å². The molecule has 55 valence electrons. The van der Waals surface area contributed by atoms with Gasteiger partial charge in [0.15, 0.2) is 0 Å². The molecule has 4 heteroatoms. The van der Waals surface area contributed by atoms with Gasteiger partial charge in [0.25, 0.3) is 0 Å². The van der Waals surface area contributed by atoms with Crippen LogP contribution in [-0.2, 0) is 0 Å². The molecule has 0 atom stereocenters. The van der Waals surface area contributed by atoms with Gasteiger partial charge in [0, 0.05) is 13.0 Å². The van der Waals surface area contributed by atoms with Crippen LogP contribution in [0.15, 0.2) is 0 Å². The number of unbranched alkanes of at least 4 members (excludes halogenated alkanes) is 1. The summed E-state index contributed by atoms with van der Waals surface area (Å²) in [6.45, 7) is -0.282. The number of aliphatic hydroxyl groups excluding tert-OH is 1. The van der Waals surface area contributed by atoms with E-state index in [1.54, 1.807) is 0 Å². The molecular formula is C5H8F3O. The second-order valence-electron chi connectivity index (χ2n) is 1.63. The van der Waals surface area contributed by atoms with Crippen LogP contribution < -0.4 is 0 Å². The molecule has 0 amide bonds. The Hall–Kier alpha value is -0.250. The highest BCUT2D eigenvalue weighted by atomic mass is 19.4. The first-order valence-electron chi connectivity index (χ1n) is 2.55. The lowest BCUT2D eigenvalue weighted by Gasteiger charge is -2.02. The van der Waals surface area contributed by atoms with Gasteiger partial charge >= 0.3 is 6.18 Å². The molecule has 0 aromatic carbocycles. The number of rotatable bonds is 3. The second-order valence-corrected chi connectivity index (χ2v) is 1.63. The summed E-state index contributed by atoms with van der Waals surface area (Å²) in [6, 6.07) is 0. The third kappa shape index (κ3) is 7.75. The molecule has 0 fully saturated rings. The lowest BCUT2D eigenvalue weighted by molar-refractivity contribution is -0.134. The van der Waals surface area contributed by atoms with Crippen molar-refractivity contribution in [3.8, 4) is 0 Å². The van der Waals surface area contributed by atoms with Crippen molar-refractivity contribution in [2.24, 2.45) is 0 Å². The highest BCUT2D eigenvalue weighted by molar-refractivity contribution is 4.64. The van der Waals surface area contributed by atoms with Crippen LogP contribution in [0, 0.1) is 6.42 Å². The normalized spacial score (nSPS) is 12.0. The predicted molar refractivity (Wildman–Crippen MR) is 26.7 cm³/mol. The predicted octanol–water partition coefficient (Wildman–Crippen LogP) is 1.53. The quantitative estimate of drug-likeness (QED) is 0.591. The molecule has 0 aromatic heterocycles. The maximum atomic E-state index is 11.3. The minimum Gasteiger partial charge on any atom is -0.396 e. The molecule has 1 N–H and O–H groups in total. The van der Waals surface area contributed by atoms with Crippen LogP contribution in [0.5, 0.6) is 0 Å². The molecule has 0 saturated heterocycles. The van der Waals surface area contributed by atoms with Gasteiger partial charge in [-0.05, 0) is 12.8 Å². The molecule has 0 unspecified atom stereocenters. The maximum Gasteiger partial charge on any atom is 0.389 e. The Morgan fingerprint density at radius 1 is 1.33 bits per heavy atom. The third-order valence-electron chi connectivity index (χ3n) is 0.761. The molecule has 0 rings (SSSR count). The zero-order valence-corrected chi connectivity index (χ0v) is 4.78. The van der Waals surface area contributed by atoms with Crippen LogP contribution in [0.2, 0.25) is 0 Å². The van der Waals surface area contributed by atoms with E-state index in [9.17, 15) is 13.2 Å². The molecule has 0 aliphatic rings. The number of hydrogen-bond acceptors (Lipinski definition) is 1. The van der Waals surface area contributed by atoms with Gasteiger partial charge in [0.05, 0.1) is 0 Å². The van der Waals surface area contributed by atoms with Crippen molar-refractivity contribution >= 4 is 0 Å². The van der Waals surface area contributed by atoms with E-state index in [1.807, 2.05) is 0 Å². The Labute approximate surface area is 51.5 Å². The standard InChI is InChI=1S/C5H8F3O/c6-5(7,8)3-1-2-4-9/h2,9H,1,3-4H2. The molecule has 0 bridgehead atoms. The van der Waals surface area contributed by atoms with Gasteiger partial charge in [-0.15, -0.1) is 0 Å². The fraction of sp³-hybridized carbons (Fsp3) is 0.800. The molecule has 9 heavy (non-hydrogen) atoms. The first-order chi connectivity index (χ1) is 4.06. The van der Waals surface area contributed by atoms with Gasteiger partial charge in [-0.3, -0.25) is 0 Å². The molecule has 0 aliphatic heterocycles. The van der Waals surface area contributed by atoms with E-state index in [4.69, 9.17) is 5.11 Å². The lowest BCUT2D eigenvalue weighted by Crippen LogP contribution is -2.06. The molecule has 0 saturated carbocycles. The van der Waals surface area contributed by atoms with Crippen molar-refractivity contribution < 1.29 is 18.3 Å². The van der Waals surface area contributed by atoms with Crippen molar-refractivity contribution in [3.63, 3.8) is 0 Å². The SMILES string of the molecule is OC[CH]CCC(F)(F)F. The fourth-order valence-electron chi connectivity index (χ4n) is 0.357. The van der Waals surface area contributed by atoms with E-state index in [2.05, 4.69) is 0 Å². The van der Waals surface area contributed by atoms with Crippen LogP contribution in [0.25, 0.3) is 0 Å². The van der Waals surface area contributed by atoms with Gasteiger partial charge in [-0.2, -0.15) is 13.2 Å². The average molecular weight is 141 g/mol. The summed E-state index contributed by atoms with van der Waals surface area (Å²) in [5, 5.41) is 8.04. The Morgan fingerprint density at radius 3 is 2.22 bits per heavy atom. The molecule has 0 aliphatic carbocycles. The summed E-state index contributed by atoms with van der Waals surface area (Å²) in [4.78, 5) is 0. The smallest absolute Gasteiger partial charge is 0.389 e. The molecule has 0 heterocycles. The molecule has 1 radical (unpaired) electrons. The van der Waals surface area contributed by atoms with Crippen molar-refractivity contribution in [2.45, 2.75) is 19.0 Å². The lowest BCUT2D eigenvalue weighted by atomic mass is 10.2. The van der Waals surface area contributed by atoms with Gasteiger partial charge in [0.2, 0.25) is 0 Å². The van der Waals surface area contributed by atoms with E-state index in [0.29, 0.717) is 0 Å². The molecular weight excluding hydrogens is 133 g/mol. The van der Waals surface area contributed by atoms with E-state index in [-0.39, 0.29) is 13.0 Å². The van der Waals surface area contributed by atoms with Gasteiger partial charge in [0.1, 0.15) is 0 Å². The average Bonchev–Trinajstić information content (AvgIpc) is 1.63. The van der Waals surface area contributed by atoms with Gasteiger partial charge in [-0.25, -0.2) is 0 Å². The minimum atomic E-state index is -4.09. The van der Waals surface area contributed by atoms with Crippen molar-refractivity contribution in [3.05, 3.63) is 6.42 Å². The van der Waals surface area contributed by atoms with Crippen LogP contribution in [0.4, 0.5) is 13.2 Å². The van der Waals surface area contributed by atoms with E-state index in [1.165, 1.54) is 6.42 Å². The summed E-state index contributed by atoms with van der Waals surface area (Å²) in [6.07, 6.45) is -3.84. The number of alkyl halides is 3. The largest absolute Gasteiger partial charge is 0.396 e. The monoisotopic (exact) mass is 141 g/mol. The highest BCUT2D eigenvalue weighted by Crippen LogP contribution is 2.21. The molecule has 0 aromatic rings. The third-order valence-corrected chi connectivity index (χ3v) is 0.761.